The van der Waals surface area contributed by atoms with Crippen molar-refractivity contribution >= 4 is 23.3 Å². The van der Waals surface area contributed by atoms with Gasteiger partial charge in [-0.3, -0.25) is 14.4 Å². The van der Waals surface area contributed by atoms with E-state index in [1.54, 1.807) is 6.07 Å². The van der Waals surface area contributed by atoms with Crippen molar-refractivity contribution in [2.75, 3.05) is 11.9 Å². The first-order chi connectivity index (χ1) is 14.5. The number of ether oxygens (including phenoxy) is 1. The van der Waals surface area contributed by atoms with Gasteiger partial charge in [0.15, 0.2) is 12.4 Å². The van der Waals surface area contributed by atoms with Crippen LogP contribution in [-0.2, 0) is 14.3 Å². The zero-order valence-electron chi connectivity index (χ0n) is 17.5. The third-order valence-electron chi connectivity index (χ3n) is 5.53. The highest BCUT2D eigenvalue weighted by atomic mass is 16.5. The van der Waals surface area contributed by atoms with E-state index in [9.17, 15) is 14.4 Å². The van der Waals surface area contributed by atoms with Crippen molar-refractivity contribution in [3.8, 4) is 0 Å². The summed E-state index contributed by atoms with van der Waals surface area (Å²) in [7, 11) is 0. The highest BCUT2D eigenvalue weighted by molar-refractivity contribution is 5.98. The Labute approximate surface area is 177 Å². The average molecular weight is 408 g/mol. The number of benzene rings is 2. The molecule has 0 heterocycles. The van der Waals surface area contributed by atoms with Crippen molar-refractivity contribution in [3.63, 3.8) is 0 Å². The molecule has 1 amide bonds. The van der Waals surface area contributed by atoms with Crippen molar-refractivity contribution in [1.29, 1.82) is 0 Å². The summed E-state index contributed by atoms with van der Waals surface area (Å²) in [6, 6.07) is 15.1. The van der Waals surface area contributed by atoms with Gasteiger partial charge >= 0.3 is 5.97 Å². The van der Waals surface area contributed by atoms with Crippen LogP contribution in [0.4, 0.5) is 5.69 Å². The Morgan fingerprint density at radius 1 is 0.967 bits per heavy atom. The maximum atomic E-state index is 12.3. The molecule has 30 heavy (non-hydrogen) atoms. The zero-order chi connectivity index (χ0) is 21.3. The second-order valence-corrected chi connectivity index (χ2v) is 7.96. The summed E-state index contributed by atoms with van der Waals surface area (Å²) >= 11 is 0. The molecule has 1 fully saturated rings. The molecule has 5 heteroatoms. The predicted molar refractivity (Wildman–Crippen MR) is 117 cm³/mol. The fourth-order valence-electron chi connectivity index (χ4n) is 3.84. The molecule has 0 bridgehead atoms. The summed E-state index contributed by atoms with van der Waals surface area (Å²) in [5, 5.41) is 2.75. The lowest BCUT2D eigenvalue weighted by Gasteiger charge is -2.22. The first-order valence-electron chi connectivity index (χ1n) is 10.7. The van der Waals surface area contributed by atoms with Gasteiger partial charge in [-0.05, 0) is 48.9 Å². The predicted octanol–water partition coefficient (Wildman–Crippen LogP) is 5.19. The topological polar surface area (TPSA) is 72.5 Å². The number of rotatable bonds is 8. The molecule has 0 saturated heterocycles. The number of amides is 1. The van der Waals surface area contributed by atoms with Gasteiger partial charge in [0.25, 0.3) is 0 Å². The van der Waals surface area contributed by atoms with Gasteiger partial charge in [0.2, 0.25) is 5.91 Å². The molecule has 0 aromatic heterocycles. The second kappa shape index (κ2) is 10.7. The van der Waals surface area contributed by atoms with Crippen molar-refractivity contribution in [1.82, 2.24) is 0 Å². The molecule has 0 atom stereocenters. The van der Waals surface area contributed by atoms with E-state index in [4.69, 9.17) is 4.74 Å². The molecule has 158 valence electrons. The van der Waals surface area contributed by atoms with Crippen LogP contribution in [0.3, 0.4) is 0 Å². The van der Waals surface area contributed by atoms with Crippen LogP contribution in [0.5, 0.6) is 0 Å². The number of anilines is 1. The van der Waals surface area contributed by atoms with Gasteiger partial charge in [-0.1, -0.05) is 55.7 Å². The van der Waals surface area contributed by atoms with Gasteiger partial charge in [-0.15, -0.1) is 0 Å². The van der Waals surface area contributed by atoms with E-state index < -0.39 is 5.97 Å². The van der Waals surface area contributed by atoms with Crippen LogP contribution >= 0.6 is 0 Å². The number of Topliss-reactive ketones (excluding diaryl/α,β-unsaturated/α-hetero) is 1. The van der Waals surface area contributed by atoms with Crippen LogP contribution in [0.2, 0.25) is 0 Å². The molecule has 1 saturated carbocycles. The normalized spacial score (nSPS) is 14.2. The number of carbonyl (C=O) groups is 3. The average Bonchev–Trinajstić information content (AvgIpc) is 2.77. The Kier molecular flexibility index (Phi) is 7.77. The van der Waals surface area contributed by atoms with Gasteiger partial charge < -0.3 is 10.1 Å². The van der Waals surface area contributed by atoms with E-state index in [1.165, 1.54) is 37.7 Å². The zero-order valence-corrected chi connectivity index (χ0v) is 17.5. The van der Waals surface area contributed by atoms with E-state index in [0.29, 0.717) is 17.2 Å². The minimum Gasteiger partial charge on any atom is -0.457 e. The molecule has 5 nitrogen and oxygen atoms in total. The fourth-order valence-corrected chi connectivity index (χ4v) is 3.84. The Hall–Kier alpha value is -2.95. The summed E-state index contributed by atoms with van der Waals surface area (Å²) in [6.07, 6.45) is 6.22. The number of nitrogens with one attached hydrogen (secondary N) is 1. The van der Waals surface area contributed by atoms with E-state index in [2.05, 4.69) is 5.32 Å². The number of hydrogen-bond acceptors (Lipinski definition) is 4. The van der Waals surface area contributed by atoms with Crippen molar-refractivity contribution in [2.24, 2.45) is 0 Å². The molecular weight excluding hydrogens is 378 g/mol. The molecule has 0 spiro atoms. The molecule has 1 N–H and O–H groups in total. The molecular formula is C25H29NO4. The molecule has 0 unspecified atom stereocenters. The van der Waals surface area contributed by atoms with Crippen LogP contribution < -0.4 is 5.32 Å². The summed E-state index contributed by atoms with van der Waals surface area (Å²) < 4.78 is 5.06. The Bertz CT molecular complexity index is 882. The molecule has 2 aromatic carbocycles. The standard InChI is InChI=1S/C25H29NO4/c1-18-6-5-9-22(16-18)26-24(28)14-15-25(29)30-17-23(27)21-12-10-20(11-13-21)19-7-3-2-4-8-19/h5-6,9-13,16,19H,2-4,7-8,14-15,17H2,1H3,(H,26,28). The molecule has 2 aromatic rings. The third-order valence-corrected chi connectivity index (χ3v) is 5.53. The Morgan fingerprint density at radius 2 is 1.70 bits per heavy atom. The van der Waals surface area contributed by atoms with E-state index in [1.807, 2.05) is 49.4 Å². The number of ketones is 1. The smallest absolute Gasteiger partial charge is 0.306 e. The first-order valence-corrected chi connectivity index (χ1v) is 10.7. The van der Waals surface area contributed by atoms with Crippen molar-refractivity contribution < 1.29 is 19.1 Å². The Balaban J connectivity index is 1.39. The number of aryl methyl sites for hydroxylation is 1. The minimum atomic E-state index is -0.554. The lowest BCUT2D eigenvalue weighted by Crippen LogP contribution is -2.17. The van der Waals surface area contributed by atoms with Crippen LogP contribution in [0, 0.1) is 6.92 Å². The molecule has 1 aliphatic rings. The largest absolute Gasteiger partial charge is 0.457 e. The highest BCUT2D eigenvalue weighted by Gasteiger charge is 2.16. The summed E-state index contributed by atoms with van der Waals surface area (Å²) in [4.78, 5) is 36.2. The van der Waals surface area contributed by atoms with Gasteiger partial charge in [0.1, 0.15) is 0 Å². The van der Waals surface area contributed by atoms with Crippen molar-refractivity contribution in [2.45, 2.75) is 57.8 Å². The number of esters is 1. The fraction of sp³-hybridized carbons (Fsp3) is 0.400. The van der Waals surface area contributed by atoms with Gasteiger partial charge in [0, 0.05) is 17.7 Å². The lowest BCUT2D eigenvalue weighted by molar-refractivity contribution is -0.143. The van der Waals surface area contributed by atoms with Crippen LogP contribution in [0.15, 0.2) is 48.5 Å². The molecule has 3 rings (SSSR count). The molecule has 1 aliphatic carbocycles. The minimum absolute atomic E-state index is 0.0110. The van der Waals surface area contributed by atoms with Gasteiger partial charge in [0.05, 0.1) is 6.42 Å². The number of hydrogen-bond donors (Lipinski definition) is 1. The second-order valence-electron chi connectivity index (χ2n) is 7.96. The van der Waals surface area contributed by atoms with Crippen molar-refractivity contribution in [3.05, 3.63) is 65.2 Å². The first kappa shape index (κ1) is 21.8. The summed E-state index contributed by atoms with van der Waals surface area (Å²) in [6.45, 7) is 1.63. The highest BCUT2D eigenvalue weighted by Crippen LogP contribution is 2.32. The Morgan fingerprint density at radius 3 is 2.40 bits per heavy atom. The maximum absolute atomic E-state index is 12.3. The van der Waals surface area contributed by atoms with Crippen LogP contribution in [-0.4, -0.2) is 24.3 Å². The summed E-state index contributed by atoms with van der Waals surface area (Å²) in [5.41, 5.74) is 3.56. The van der Waals surface area contributed by atoms with E-state index >= 15 is 0 Å². The SMILES string of the molecule is Cc1cccc(NC(=O)CCC(=O)OCC(=O)c2ccc(C3CCCCC3)cc2)c1. The quantitative estimate of drug-likeness (QED) is 0.483. The van der Waals surface area contributed by atoms with E-state index in [0.717, 1.165) is 5.56 Å². The lowest BCUT2D eigenvalue weighted by atomic mass is 9.84. The maximum Gasteiger partial charge on any atom is 0.306 e. The van der Waals surface area contributed by atoms with Gasteiger partial charge in [-0.2, -0.15) is 0 Å². The van der Waals surface area contributed by atoms with Gasteiger partial charge in [-0.25, -0.2) is 0 Å². The monoisotopic (exact) mass is 407 g/mol. The molecule has 0 radical (unpaired) electrons. The van der Waals surface area contributed by atoms with E-state index in [-0.39, 0.29) is 31.1 Å². The molecule has 0 aliphatic heterocycles. The number of carbonyl (C=O) groups excluding carboxylic acids is 3. The van der Waals surface area contributed by atoms with Crippen LogP contribution in [0.25, 0.3) is 0 Å². The van der Waals surface area contributed by atoms with Crippen LogP contribution in [0.1, 0.15) is 72.3 Å². The third kappa shape index (κ3) is 6.55. The summed E-state index contributed by atoms with van der Waals surface area (Å²) in [5.74, 6) is -0.460.